The van der Waals surface area contributed by atoms with E-state index >= 15 is 0 Å². The van der Waals surface area contributed by atoms with Gasteiger partial charge in [0.25, 0.3) is 0 Å². The first kappa shape index (κ1) is 16.8. The van der Waals surface area contributed by atoms with Crippen molar-refractivity contribution in [3.63, 3.8) is 0 Å². The van der Waals surface area contributed by atoms with Crippen LogP contribution in [0, 0.1) is 0 Å². The van der Waals surface area contributed by atoms with Crippen molar-refractivity contribution >= 4 is 29.5 Å². The molecule has 0 spiro atoms. The van der Waals surface area contributed by atoms with Crippen molar-refractivity contribution in [2.24, 2.45) is 5.73 Å². The molecule has 1 saturated heterocycles. The molecule has 0 saturated carbocycles. The molecule has 128 valence electrons. The Kier molecular flexibility index (Phi) is 4.51. The molecule has 3 rings (SSSR count). The van der Waals surface area contributed by atoms with Crippen LogP contribution in [0.15, 0.2) is 35.1 Å². The van der Waals surface area contributed by atoms with Gasteiger partial charge in [0.15, 0.2) is 0 Å². The highest BCUT2D eigenvalue weighted by Gasteiger charge is 2.48. The fraction of sp³-hybridized carbons (Fsp3) is 0.438. The Morgan fingerprint density at radius 2 is 2.21 bits per heavy atom. The SMILES string of the molecule is CC1=C(C(=O)O)N2C(=O)C[C@H]2SC1NC(=O)C(N)C1=CCC=CC1. The summed E-state index contributed by atoms with van der Waals surface area (Å²) in [6.07, 6.45) is 7.62. The maximum Gasteiger partial charge on any atom is 0.352 e. The zero-order valence-corrected chi connectivity index (χ0v) is 14.0. The summed E-state index contributed by atoms with van der Waals surface area (Å²) in [5, 5.41) is 11.5. The summed E-state index contributed by atoms with van der Waals surface area (Å²) in [5.74, 6) is -1.70. The minimum Gasteiger partial charge on any atom is -0.477 e. The molecule has 24 heavy (non-hydrogen) atoms. The summed E-state index contributed by atoms with van der Waals surface area (Å²) < 4.78 is 0. The highest BCUT2D eigenvalue weighted by molar-refractivity contribution is 8.00. The lowest BCUT2D eigenvalue weighted by atomic mass is 9.98. The fourth-order valence-corrected chi connectivity index (χ4v) is 4.41. The van der Waals surface area contributed by atoms with E-state index in [1.54, 1.807) is 6.92 Å². The topological polar surface area (TPSA) is 113 Å². The summed E-state index contributed by atoms with van der Waals surface area (Å²) >= 11 is 1.37. The largest absolute Gasteiger partial charge is 0.477 e. The van der Waals surface area contributed by atoms with E-state index in [0.29, 0.717) is 12.0 Å². The zero-order valence-electron chi connectivity index (χ0n) is 13.2. The molecule has 0 aromatic heterocycles. The predicted octanol–water partition coefficient (Wildman–Crippen LogP) is 0.696. The van der Waals surface area contributed by atoms with Gasteiger partial charge in [-0.3, -0.25) is 14.5 Å². The van der Waals surface area contributed by atoms with E-state index in [-0.39, 0.29) is 29.3 Å². The van der Waals surface area contributed by atoms with Gasteiger partial charge in [-0.25, -0.2) is 4.79 Å². The van der Waals surface area contributed by atoms with Crippen LogP contribution in [0.1, 0.15) is 26.2 Å². The molecule has 1 aliphatic carbocycles. The first-order valence-corrected chi connectivity index (χ1v) is 8.66. The number of aliphatic carboxylic acids is 1. The van der Waals surface area contributed by atoms with E-state index in [1.165, 1.54) is 16.7 Å². The molecule has 0 aromatic rings. The number of carbonyl (C=O) groups excluding carboxylic acids is 2. The van der Waals surface area contributed by atoms with Crippen LogP contribution in [0.4, 0.5) is 0 Å². The quantitative estimate of drug-likeness (QED) is 0.509. The van der Waals surface area contributed by atoms with Crippen molar-refractivity contribution in [1.29, 1.82) is 0 Å². The Bertz CT molecular complexity index is 697. The number of carbonyl (C=O) groups is 3. The Morgan fingerprint density at radius 3 is 2.79 bits per heavy atom. The number of amides is 2. The normalized spacial score (nSPS) is 27.2. The van der Waals surface area contributed by atoms with E-state index < -0.39 is 17.4 Å². The third-order valence-electron chi connectivity index (χ3n) is 4.40. The number of rotatable bonds is 4. The van der Waals surface area contributed by atoms with Crippen molar-refractivity contribution in [3.05, 3.63) is 35.1 Å². The molecule has 7 nitrogen and oxygen atoms in total. The Labute approximate surface area is 143 Å². The van der Waals surface area contributed by atoms with E-state index in [2.05, 4.69) is 5.32 Å². The predicted molar refractivity (Wildman–Crippen MR) is 89.5 cm³/mol. The van der Waals surface area contributed by atoms with Gasteiger partial charge < -0.3 is 16.2 Å². The molecule has 1 fully saturated rings. The van der Waals surface area contributed by atoms with Crippen LogP contribution in [0.25, 0.3) is 0 Å². The molecule has 2 heterocycles. The first-order valence-electron chi connectivity index (χ1n) is 7.71. The summed E-state index contributed by atoms with van der Waals surface area (Å²) in [4.78, 5) is 36.9. The zero-order chi connectivity index (χ0) is 17.4. The van der Waals surface area contributed by atoms with Crippen molar-refractivity contribution < 1.29 is 19.5 Å². The molecular weight excluding hydrogens is 330 g/mol. The van der Waals surface area contributed by atoms with Crippen LogP contribution in [-0.4, -0.2) is 44.6 Å². The number of nitrogens with two attached hydrogens (primary N) is 1. The van der Waals surface area contributed by atoms with Gasteiger partial charge in [0.1, 0.15) is 17.1 Å². The van der Waals surface area contributed by atoms with Crippen molar-refractivity contribution in [3.8, 4) is 0 Å². The van der Waals surface area contributed by atoms with Gasteiger partial charge in [-0.1, -0.05) is 18.2 Å². The highest BCUT2D eigenvalue weighted by Crippen LogP contribution is 2.42. The van der Waals surface area contributed by atoms with E-state index in [9.17, 15) is 19.5 Å². The number of nitrogens with one attached hydrogen (secondary N) is 1. The van der Waals surface area contributed by atoms with Gasteiger partial charge in [0.2, 0.25) is 11.8 Å². The van der Waals surface area contributed by atoms with Crippen LogP contribution in [0.2, 0.25) is 0 Å². The van der Waals surface area contributed by atoms with Gasteiger partial charge >= 0.3 is 5.97 Å². The first-order chi connectivity index (χ1) is 11.4. The Hall–Kier alpha value is -2.06. The Morgan fingerprint density at radius 1 is 1.46 bits per heavy atom. The van der Waals surface area contributed by atoms with E-state index in [4.69, 9.17) is 5.73 Å². The highest BCUT2D eigenvalue weighted by atomic mass is 32.2. The summed E-state index contributed by atoms with van der Waals surface area (Å²) in [6.45, 7) is 1.62. The lowest BCUT2D eigenvalue weighted by molar-refractivity contribution is -0.146. The number of carboxylic acids is 1. The lowest BCUT2D eigenvalue weighted by Crippen LogP contribution is -2.58. The molecule has 3 aliphatic rings. The number of thioether (sulfide) groups is 1. The molecule has 4 N–H and O–H groups in total. The number of fused-ring (bicyclic) bond motifs is 1. The van der Waals surface area contributed by atoms with Crippen LogP contribution >= 0.6 is 11.8 Å². The maximum atomic E-state index is 12.4. The number of hydrogen-bond acceptors (Lipinski definition) is 5. The molecule has 8 heteroatoms. The van der Waals surface area contributed by atoms with Crippen LogP contribution in [-0.2, 0) is 14.4 Å². The maximum absolute atomic E-state index is 12.4. The second-order valence-electron chi connectivity index (χ2n) is 5.95. The molecule has 2 aliphatic heterocycles. The van der Waals surface area contributed by atoms with E-state index in [0.717, 1.165) is 12.0 Å². The number of β-lactam (4-membered cyclic amide) rings is 1. The molecule has 0 aromatic carbocycles. The minimum atomic E-state index is -1.16. The average molecular weight is 349 g/mol. The number of hydrogen-bond donors (Lipinski definition) is 3. The van der Waals surface area contributed by atoms with Gasteiger partial charge in [0.05, 0.1) is 11.8 Å². The van der Waals surface area contributed by atoms with Crippen molar-refractivity contribution in [2.75, 3.05) is 0 Å². The number of nitrogens with zero attached hydrogens (tertiary/aromatic N) is 1. The van der Waals surface area contributed by atoms with Crippen LogP contribution in [0.3, 0.4) is 0 Å². The standard InChI is InChI=1S/C16H19N3O4S/c1-8-13(16(22)23)19-10(20)7-11(19)24-15(8)18-14(21)12(17)9-5-3-2-4-6-9/h2-3,6,11-12,15H,4-5,7,17H2,1H3,(H,18,21)(H,22,23)/t11-,12?,15?/m1/s1. The summed E-state index contributed by atoms with van der Waals surface area (Å²) in [5.41, 5.74) is 7.30. The van der Waals surface area contributed by atoms with Crippen LogP contribution in [0.5, 0.6) is 0 Å². The second kappa shape index (κ2) is 6.45. The van der Waals surface area contributed by atoms with Gasteiger partial charge in [-0.05, 0) is 30.9 Å². The van der Waals surface area contributed by atoms with E-state index in [1.807, 2.05) is 18.2 Å². The number of allylic oxidation sites excluding steroid dienone is 3. The van der Waals surface area contributed by atoms with Gasteiger partial charge in [-0.2, -0.15) is 0 Å². The van der Waals surface area contributed by atoms with Crippen molar-refractivity contribution in [1.82, 2.24) is 10.2 Å². The molecular formula is C16H19N3O4S. The second-order valence-corrected chi connectivity index (χ2v) is 7.24. The summed E-state index contributed by atoms with van der Waals surface area (Å²) in [6, 6.07) is -0.752. The average Bonchev–Trinajstić information content (AvgIpc) is 2.56. The molecule has 3 atom stereocenters. The molecule has 2 amide bonds. The minimum absolute atomic E-state index is 0.0336. The monoisotopic (exact) mass is 349 g/mol. The third-order valence-corrected chi connectivity index (χ3v) is 5.84. The molecule has 0 bridgehead atoms. The van der Waals surface area contributed by atoms with Gasteiger partial charge in [-0.15, -0.1) is 11.8 Å². The lowest BCUT2D eigenvalue weighted by Gasteiger charge is -2.46. The third kappa shape index (κ3) is 2.87. The fourth-order valence-electron chi connectivity index (χ4n) is 3.01. The van der Waals surface area contributed by atoms with Crippen LogP contribution < -0.4 is 11.1 Å². The number of carboxylic acid groups (broad SMARTS) is 1. The van der Waals surface area contributed by atoms with Gasteiger partial charge in [0, 0.05) is 0 Å². The smallest absolute Gasteiger partial charge is 0.352 e. The molecule has 0 radical (unpaired) electrons. The summed E-state index contributed by atoms with van der Waals surface area (Å²) in [7, 11) is 0. The molecule has 2 unspecified atom stereocenters. The van der Waals surface area contributed by atoms with Crippen molar-refractivity contribution in [2.45, 2.75) is 43.0 Å². The Balaban J connectivity index is 1.76.